The highest BCUT2D eigenvalue weighted by Crippen LogP contribution is 2.12. The van der Waals surface area contributed by atoms with Gasteiger partial charge < -0.3 is 4.74 Å². The lowest BCUT2D eigenvalue weighted by Crippen LogP contribution is -2.05. The van der Waals surface area contributed by atoms with Gasteiger partial charge in [0, 0.05) is 6.42 Å². The second kappa shape index (κ2) is 16.8. The summed E-state index contributed by atoms with van der Waals surface area (Å²) in [5.41, 5.74) is 0. The number of hydrogen-bond acceptors (Lipinski definition) is 2. The van der Waals surface area contributed by atoms with Gasteiger partial charge in [-0.3, -0.25) is 4.79 Å². The summed E-state index contributed by atoms with van der Waals surface area (Å²) in [7, 11) is 0. The summed E-state index contributed by atoms with van der Waals surface area (Å²) in [4.78, 5) is 11.5. The molecule has 2 nitrogen and oxygen atoms in total. The van der Waals surface area contributed by atoms with E-state index in [1.165, 1.54) is 64.2 Å². The lowest BCUT2D eigenvalue weighted by atomic mass is 10.0. The van der Waals surface area contributed by atoms with Crippen molar-refractivity contribution in [1.29, 1.82) is 0 Å². The zero-order chi connectivity index (χ0) is 16.5. The molecule has 0 aliphatic rings. The Morgan fingerprint density at radius 1 is 0.773 bits per heavy atom. The second-order valence-corrected chi connectivity index (χ2v) is 7.04. The molecule has 0 aromatic heterocycles. The van der Waals surface area contributed by atoms with E-state index < -0.39 is 0 Å². The third-order valence-corrected chi connectivity index (χ3v) is 4.17. The highest BCUT2D eigenvalue weighted by atomic mass is 16.5. The molecule has 0 aliphatic heterocycles. The van der Waals surface area contributed by atoms with Crippen LogP contribution < -0.4 is 0 Å². The number of esters is 1. The highest BCUT2D eigenvalue weighted by Gasteiger charge is 2.02. The Morgan fingerprint density at radius 2 is 1.32 bits per heavy atom. The summed E-state index contributed by atoms with van der Waals surface area (Å²) in [5.74, 6) is 0.857. The quantitative estimate of drug-likeness (QED) is 0.235. The molecular weight excluding hydrogens is 272 g/mol. The van der Waals surface area contributed by atoms with Crippen molar-refractivity contribution in [1.82, 2.24) is 0 Å². The first-order valence-corrected chi connectivity index (χ1v) is 9.82. The van der Waals surface area contributed by atoms with Crippen LogP contribution in [0, 0.1) is 5.92 Å². The van der Waals surface area contributed by atoms with Crippen LogP contribution in [0.5, 0.6) is 0 Å². The summed E-state index contributed by atoms with van der Waals surface area (Å²) in [6.07, 6.45) is 17.0. The van der Waals surface area contributed by atoms with Crippen molar-refractivity contribution < 1.29 is 9.53 Å². The normalized spacial score (nSPS) is 11.1. The first-order chi connectivity index (χ1) is 10.7. The van der Waals surface area contributed by atoms with Gasteiger partial charge in [-0.25, -0.2) is 0 Å². The van der Waals surface area contributed by atoms with Gasteiger partial charge in [-0.2, -0.15) is 0 Å². The monoisotopic (exact) mass is 312 g/mol. The van der Waals surface area contributed by atoms with Crippen molar-refractivity contribution in [3.63, 3.8) is 0 Å². The van der Waals surface area contributed by atoms with E-state index in [1.807, 2.05) is 0 Å². The van der Waals surface area contributed by atoms with Gasteiger partial charge in [-0.1, -0.05) is 91.4 Å². The Labute approximate surface area is 139 Å². The lowest BCUT2D eigenvalue weighted by molar-refractivity contribution is -0.143. The van der Waals surface area contributed by atoms with Crippen LogP contribution in [-0.2, 0) is 9.53 Å². The Kier molecular flexibility index (Phi) is 16.4. The van der Waals surface area contributed by atoms with E-state index in [4.69, 9.17) is 4.74 Å². The first-order valence-electron chi connectivity index (χ1n) is 9.82. The summed E-state index contributed by atoms with van der Waals surface area (Å²) >= 11 is 0. The number of carbonyl (C=O) groups is 1. The van der Waals surface area contributed by atoms with Gasteiger partial charge in [-0.05, 0) is 18.8 Å². The summed E-state index contributed by atoms with van der Waals surface area (Å²) in [5, 5.41) is 0. The van der Waals surface area contributed by atoms with Gasteiger partial charge in [0.1, 0.15) is 0 Å². The lowest BCUT2D eigenvalue weighted by Gasteiger charge is -2.06. The average molecular weight is 313 g/mol. The van der Waals surface area contributed by atoms with E-state index in [-0.39, 0.29) is 5.97 Å². The molecule has 22 heavy (non-hydrogen) atoms. The van der Waals surface area contributed by atoms with Crippen molar-refractivity contribution in [3.8, 4) is 0 Å². The predicted octanol–water partition coefficient (Wildman–Crippen LogP) is 6.67. The van der Waals surface area contributed by atoms with E-state index in [0.717, 1.165) is 25.2 Å². The molecule has 0 saturated heterocycles. The van der Waals surface area contributed by atoms with E-state index in [9.17, 15) is 4.79 Å². The molecule has 0 fully saturated rings. The summed E-state index contributed by atoms with van der Waals surface area (Å²) < 4.78 is 5.27. The fourth-order valence-corrected chi connectivity index (χ4v) is 2.67. The van der Waals surface area contributed by atoms with Gasteiger partial charge in [0.15, 0.2) is 0 Å². The van der Waals surface area contributed by atoms with Crippen LogP contribution in [0.1, 0.15) is 111 Å². The standard InChI is InChI=1S/C20H40O2/c1-4-5-6-14-17-20(21)22-18-15-12-10-8-7-9-11-13-16-19(2)3/h19H,4-18H2,1-3H3. The van der Waals surface area contributed by atoms with Crippen LogP contribution in [0.25, 0.3) is 0 Å². The molecule has 0 bridgehead atoms. The van der Waals surface area contributed by atoms with Crippen molar-refractivity contribution >= 4 is 5.97 Å². The third kappa shape index (κ3) is 17.5. The molecule has 2 heteroatoms. The van der Waals surface area contributed by atoms with Crippen LogP contribution in [-0.4, -0.2) is 12.6 Å². The molecule has 0 atom stereocenters. The van der Waals surface area contributed by atoms with E-state index >= 15 is 0 Å². The molecule has 0 heterocycles. The molecule has 0 spiro atoms. The van der Waals surface area contributed by atoms with Crippen molar-refractivity contribution in [2.24, 2.45) is 5.92 Å². The maximum atomic E-state index is 11.5. The van der Waals surface area contributed by atoms with Crippen LogP contribution in [0.15, 0.2) is 0 Å². The molecular formula is C20H40O2. The Bertz CT molecular complexity index is 236. The van der Waals surface area contributed by atoms with Crippen LogP contribution in [0.4, 0.5) is 0 Å². The number of ether oxygens (including phenoxy) is 1. The molecule has 0 rings (SSSR count). The maximum absolute atomic E-state index is 11.5. The smallest absolute Gasteiger partial charge is 0.305 e. The number of rotatable bonds is 16. The van der Waals surface area contributed by atoms with Crippen LogP contribution in [0.2, 0.25) is 0 Å². The predicted molar refractivity (Wildman–Crippen MR) is 96.1 cm³/mol. The van der Waals surface area contributed by atoms with E-state index in [2.05, 4.69) is 20.8 Å². The molecule has 0 aromatic rings. The van der Waals surface area contributed by atoms with Gasteiger partial charge in [-0.15, -0.1) is 0 Å². The van der Waals surface area contributed by atoms with Crippen molar-refractivity contribution in [2.45, 2.75) is 111 Å². The zero-order valence-electron chi connectivity index (χ0n) is 15.5. The fourth-order valence-electron chi connectivity index (χ4n) is 2.67. The van der Waals surface area contributed by atoms with Gasteiger partial charge >= 0.3 is 5.97 Å². The number of carbonyl (C=O) groups excluding carboxylic acids is 1. The molecule has 0 unspecified atom stereocenters. The highest BCUT2D eigenvalue weighted by molar-refractivity contribution is 5.69. The Balaban J connectivity index is 3.12. The average Bonchev–Trinajstić information content (AvgIpc) is 2.49. The Hall–Kier alpha value is -0.530. The van der Waals surface area contributed by atoms with E-state index in [0.29, 0.717) is 13.0 Å². The van der Waals surface area contributed by atoms with Crippen molar-refractivity contribution in [2.75, 3.05) is 6.61 Å². The Morgan fingerprint density at radius 3 is 1.91 bits per heavy atom. The minimum atomic E-state index is 0.00116. The SMILES string of the molecule is CCCCCCC(=O)OCCCCCCCCCCC(C)C. The number of unbranched alkanes of at least 4 members (excludes halogenated alkanes) is 10. The van der Waals surface area contributed by atoms with Gasteiger partial charge in [0.05, 0.1) is 6.61 Å². The first kappa shape index (κ1) is 21.5. The molecule has 0 radical (unpaired) electrons. The molecule has 0 aromatic carbocycles. The van der Waals surface area contributed by atoms with E-state index in [1.54, 1.807) is 0 Å². The van der Waals surface area contributed by atoms with Crippen molar-refractivity contribution in [3.05, 3.63) is 0 Å². The molecule has 132 valence electrons. The second-order valence-electron chi connectivity index (χ2n) is 7.04. The maximum Gasteiger partial charge on any atom is 0.305 e. The van der Waals surface area contributed by atoms with Crippen LogP contribution >= 0.6 is 0 Å². The molecule has 0 N–H and O–H groups in total. The number of hydrogen-bond donors (Lipinski definition) is 0. The minimum Gasteiger partial charge on any atom is -0.466 e. The van der Waals surface area contributed by atoms with Crippen LogP contribution in [0.3, 0.4) is 0 Å². The molecule has 0 amide bonds. The summed E-state index contributed by atoms with van der Waals surface area (Å²) in [6, 6.07) is 0. The minimum absolute atomic E-state index is 0.00116. The topological polar surface area (TPSA) is 26.3 Å². The van der Waals surface area contributed by atoms with Gasteiger partial charge in [0.2, 0.25) is 0 Å². The largest absolute Gasteiger partial charge is 0.466 e. The summed E-state index contributed by atoms with van der Waals surface area (Å²) in [6.45, 7) is 7.42. The zero-order valence-corrected chi connectivity index (χ0v) is 15.5. The molecule has 0 aliphatic carbocycles. The third-order valence-electron chi connectivity index (χ3n) is 4.17. The molecule has 0 saturated carbocycles. The van der Waals surface area contributed by atoms with Gasteiger partial charge in [0.25, 0.3) is 0 Å². The fraction of sp³-hybridized carbons (Fsp3) is 0.950.